The number of hydrogen-bond donors (Lipinski definition) is 0. The minimum absolute atomic E-state index is 0.0139. The van der Waals surface area contributed by atoms with Crippen LogP contribution in [0, 0.1) is 22.0 Å². The Hall–Kier alpha value is -2.83. The summed E-state index contributed by atoms with van der Waals surface area (Å²) in [6, 6.07) is 9.04. The second-order valence-electron chi connectivity index (χ2n) is 9.01. The van der Waals surface area contributed by atoms with Crippen LogP contribution >= 0.6 is 0 Å². The first-order chi connectivity index (χ1) is 14.3. The molecule has 7 heteroatoms. The molecular weight excluding hydrogens is 380 g/mol. The van der Waals surface area contributed by atoms with Crippen molar-refractivity contribution >= 4 is 17.3 Å². The van der Waals surface area contributed by atoms with Crippen molar-refractivity contribution in [1.82, 2.24) is 9.47 Å². The fourth-order valence-corrected chi connectivity index (χ4v) is 5.23. The summed E-state index contributed by atoms with van der Waals surface area (Å²) in [5.41, 5.74) is 2.14. The lowest BCUT2D eigenvalue weighted by atomic mass is 9.91. The minimum atomic E-state index is -0.352. The van der Waals surface area contributed by atoms with E-state index in [4.69, 9.17) is 0 Å². The highest BCUT2D eigenvalue weighted by atomic mass is 16.6. The van der Waals surface area contributed by atoms with Gasteiger partial charge in [-0.15, -0.1) is 0 Å². The largest absolute Gasteiger partial charge is 0.365 e. The number of carbonyl (C=O) groups is 1. The number of nitro groups is 1. The number of nitro benzene ring substituents is 1. The predicted octanol–water partition coefficient (Wildman–Crippen LogP) is 4.39. The van der Waals surface area contributed by atoms with Crippen molar-refractivity contribution in [3.63, 3.8) is 0 Å². The number of rotatable bonds is 4. The van der Waals surface area contributed by atoms with Crippen LogP contribution < -0.4 is 4.90 Å². The Morgan fingerprint density at radius 3 is 2.53 bits per heavy atom. The van der Waals surface area contributed by atoms with Crippen LogP contribution in [0.5, 0.6) is 0 Å². The van der Waals surface area contributed by atoms with Crippen molar-refractivity contribution in [2.75, 3.05) is 24.5 Å². The van der Waals surface area contributed by atoms with Gasteiger partial charge in [0.05, 0.1) is 11.0 Å². The lowest BCUT2D eigenvalue weighted by Gasteiger charge is -2.36. The van der Waals surface area contributed by atoms with E-state index in [9.17, 15) is 14.9 Å². The maximum Gasteiger partial charge on any atom is 0.293 e. The summed E-state index contributed by atoms with van der Waals surface area (Å²) in [7, 11) is 1.98. The normalized spacial score (nSPS) is 24.3. The average molecular weight is 411 g/mol. The lowest BCUT2D eigenvalue weighted by molar-refractivity contribution is -0.384. The standard InChI is InChI=1S/C23H30N4O3/c1-16-12-17(2)15-25(14-16)20-9-8-18(13-22(20)27(29)30)23(28)26-11-5-7-21(26)19-6-4-10-24(19)3/h4,6,8-10,13,16-17,21H,5,7,11-12,14-15H2,1-3H3. The van der Waals surface area contributed by atoms with Gasteiger partial charge in [-0.1, -0.05) is 13.8 Å². The van der Waals surface area contributed by atoms with E-state index in [0.717, 1.165) is 38.0 Å². The summed E-state index contributed by atoms with van der Waals surface area (Å²) in [5, 5.41) is 11.9. The molecule has 2 aliphatic heterocycles. The molecular formula is C23H30N4O3. The number of anilines is 1. The first kappa shape index (κ1) is 20.4. The molecule has 0 radical (unpaired) electrons. The number of nitrogens with zero attached hydrogens (tertiary/aromatic N) is 4. The van der Waals surface area contributed by atoms with Crippen LogP contribution in [0.2, 0.25) is 0 Å². The molecule has 0 bridgehead atoms. The third-order valence-corrected chi connectivity index (χ3v) is 6.47. The number of amides is 1. The van der Waals surface area contributed by atoms with Crippen molar-refractivity contribution in [2.45, 2.75) is 39.2 Å². The van der Waals surface area contributed by atoms with Gasteiger partial charge in [0.25, 0.3) is 11.6 Å². The summed E-state index contributed by atoms with van der Waals surface area (Å²) in [6.07, 6.45) is 4.96. The number of benzene rings is 1. The Morgan fingerprint density at radius 1 is 1.17 bits per heavy atom. The quantitative estimate of drug-likeness (QED) is 0.553. The van der Waals surface area contributed by atoms with Gasteiger partial charge in [-0.2, -0.15) is 0 Å². The zero-order valence-electron chi connectivity index (χ0n) is 18.0. The Bertz CT molecular complexity index is 944. The molecule has 30 heavy (non-hydrogen) atoms. The van der Waals surface area contributed by atoms with Gasteiger partial charge in [0.2, 0.25) is 0 Å². The predicted molar refractivity (Wildman–Crippen MR) is 117 cm³/mol. The molecule has 0 N–H and O–H groups in total. The molecule has 1 aromatic carbocycles. The Balaban J connectivity index is 1.63. The number of carbonyl (C=O) groups excluding carboxylic acids is 1. The van der Waals surface area contributed by atoms with Gasteiger partial charge in [0.15, 0.2) is 0 Å². The highest BCUT2D eigenvalue weighted by Crippen LogP contribution is 2.36. The van der Waals surface area contributed by atoms with Gasteiger partial charge in [-0.3, -0.25) is 14.9 Å². The van der Waals surface area contributed by atoms with Crippen LogP contribution in [0.4, 0.5) is 11.4 Å². The molecule has 3 heterocycles. The molecule has 2 saturated heterocycles. The molecule has 2 fully saturated rings. The molecule has 0 spiro atoms. The van der Waals surface area contributed by atoms with E-state index in [0.29, 0.717) is 29.6 Å². The summed E-state index contributed by atoms with van der Waals surface area (Å²) in [5.74, 6) is 0.851. The van der Waals surface area contributed by atoms with Gasteiger partial charge in [-0.05, 0) is 55.4 Å². The third-order valence-electron chi connectivity index (χ3n) is 6.47. The number of aromatic nitrogens is 1. The van der Waals surface area contributed by atoms with Crippen LogP contribution in [0.15, 0.2) is 36.5 Å². The van der Waals surface area contributed by atoms with E-state index >= 15 is 0 Å². The molecule has 1 amide bonds. The minimum Gasteiger partial charge on any atom is -0.365 e. The number of aryl methyl sites for hydroxylation is 1. The molecule has 7 nitrogen and oxygen atoms in total. The first-order valence-electron chi connectivity index (χ1n) is 10.8. The van der Waals surface area contributed by atoms with Gasteiger partial charge in [0, 0.05) is 50.2 Å². The molecule has 1 aromatic heterocycles. The van der Waals surface area contributed by atoms with Gasteiger partial charge >= 0.3 is 0 Å². The van der Waals surface area contributed by atoms with Crippen molar-refractivity contribution < 1.29 is 9.72 Å². The molecule has 3 atom stereocenters. The molecule has 0 saturated carbocycles. The van der Waals surface area contributed by atoms with Crippen molar-refractivity contribution in [1.29, 1.82) is 0 Å². The first-order valence-corrected chi connectivity index (χ1v) is 10.8. The molecule has 3 unspecified atom stereocenters. The van der Waals surface area contributed by atoms with Gasteiger partial charge < -0.3 is 14.4 Å². The smallest absolute Gasteiger partial charge is 0.293 e. The molecule has 0 aliphatic carbocycles. The number of piperidine rings is 1. The average Bonchev–Trinajstić information content (AvgIpc) is 3.34. The zero-order valence-corrected chi connectivity index (χ0v) is 18.0. The molecule has 2 aromatic rings. The summed E-state index contributed by atoms with van der Waals surface area (Å²) in [4.78, 5) is 28.8. The fourth-order valence-electron chi connectivity index (χ4n) is 5.23. The monoisotopic (exact) mass is 410 g/mol. The van der Waals surface area contributed by atoms with E-state index in [-0.39, 0.29) is 22.6 Å². The van der Waals surface area contributed by atoms with Gasteiger partial charge in [-0.25, -0.2) is 0 Å². The van der Waals surface area contributed by atoms with E-state index in [1.807, 2.05) is 34.8 Å². The van der Waals surface area contributed by atoms with E-state index in [1.54, 1.807) is 12.1 Å². The second-order valence-corrected chi connectivity index (χ2v) is 9.01. The third kappa shape index (κ3) is 3.80. The highest BCUT2D eigenvalue weighted by molar-refractivity contribution is 5.96. The molecule has 160 valence electrons. The number of likely N-dealkylation sites (tertiary alicyclic amines) is 1. The fraction of sp³-hybridized carbons (Fsp3) is 0.522. The Morgan fingerprint density at radius 2 is 1.90 bits per heavy atom. The van der Waals surface area contributed by atoms with Crippen molar-refractivity contribution in [2.24, 2.45) is 18.9 Å². The van der Waals surface area contributed by atoms with Crippen LogP contribution in [0.3, 0.4) is 0 Å². The maximum absolute atomic E-state index is 13.3. The SMILES string of the molecule is CC1CC(C)CN(c2ccc(C(=O)N3CCCC3c3cccn3C)cc2[N+](=O)[O-])C1. The van der Waals surface area contributed by atoms with Crippen LogP contribution in [-0.2, 0) is 7.05 Å². The molecule has 2 aliphatic rings. The van der Waals surface area contributed by atoms with Crippen molar-refractivity contribution in [3.8, 4) is 0 Å². The van der Waals surface area contributed by atoms with Gasteiger partial charge in [0.1, 0.15) is 5.69 Å². The number of hydrogen-bond acceptors (Lipinski definition) is 4. The lowest BCUT2D eigenvalue weighted by Crippen LogP contribution is -2.39. The van der Waals surface area contributed by atoms with E-state index < -0.39 is 0 Å². The van der Waals surface area contributed by atoms with E-state index in [2.05, 4.69) is 18.7 Å². The Kier molecular flexibility index (Phi) is 5.54. The van der Waals surface area contributed by atoms with Crippen LogP contribution in [0.25, 0.3) is 0 Å². The maximum atomic E-state index is 13.3. The highest BCUT2D eigenvalue weighted by Gasteiger charge is 2.33. The topological polar surface area (TPSA) is 71.6 Å². The summed E-state index contributed by atoms with van der Waals surface area (Å²) in [6.45, 7) is 6.65. The van der Waals surface area contributed by atoms with Crippen molar-refractivity contribution in [3.05, 3.63) is 57.9 Å². The zero-order chi connectivity index (χ0) is 21.4. The summed E-state index contributed by atoms with van der Waals surface area (Å²) < 4.78 is 2.04. The molecule has 4 rings (SSSR count). The second kappa shape index (κ2) is 8.13. The van der Waals surface area contributed by atoms with Crippen LogP contribution in [-0.4, -0.2) is 39.9 Å². The summed E-state index contributed by atoms with van der Waals surface area (Å²) >= 11 is 0. The van der Waals surface area contributed by atoms with Crippen LogP contribution in [0.1, 0.15) is 55.2 Å². The Labute approximate surface area is 177 Å². The van der Waals surface area contributed by atoms with E-state index in [1.165, 1.54) is 6.07 Å².